The molecule has 0 atom stereocenters. The molecule has 1 N–H and O–H groups in total. The summed E-state index contributed by atoms with van der Waals surface area (Å²) in [5.41, 5.74) is 2.21. The Hall–Kier alpha value is -2.10. The number of hydrogen-bond donors (Lipinski definition) is 1. The fourth-order valence-electron chi connectivity index (χ4n) is 1.62. The van der Waals surface area contributed by atoms with Gasteiger partial charge in [0.25, 0.3) is 5.56 Å². The number of nitrogens with one attached hydrogen (secondary N) is 1. The molecule has 0 bridgehead atoms. The van der Waals surface area contributed by atoms with Crippen LogP contribution in [0.4, 0.5) is 5.69 Å². The molecule has 0 saturated carbocycles. The molecule has 1 heterocycles. The number of aromatic nitrogens is 2. The fraction of sp³-hybridized carbons (Fsp3) is 0.231. The molecule has 2 rings (SSSR count). The van der Waals surface area contributed by atoms with Crippen molar-refractivity contribution in [1.29, 1.82) is 0 Å². The van der Waals surface area contributed by atoms with Crippen molar-refractivity contribution in [1.82, 2.24) is 9.78 Å². The predicted octanol–water partition coefficient (Wildman–Crippen LogP) is 1.66. The maximum atomic E-state index is 11.4. The van der Waals surface area contributed by atoms with E-state index in [0.29, 0.717) is 13.1 Å². The average molecular weight is 229 g/mol. The van der Waals surface area contributed by atoms with Crippen LogP contribution in [0.25, 0.3) is 0 Å². The molecule has 0 aliphatic carbocycles. The molecular weight excluding hydrogens is 214 g/mol. The van der Waals surface area contributed by atoms with E-state index < -0.39 is 0 Å². The minimum atomic E-state index is -0.0708. The molecule has 88 valence electrons. The van der Waals surface area contributed by atoms with E-state index in [1.807, 2.05) is 12.1 Å². The molecule has 0 saturated heterocycles. The minimum Gasteiger partial charge on any atom is -0.383 e. The number of rotatable bonds is 4. The summed E-state index contributed by atoms with van der Waals surface area (Å²) in [6.07, 6.45) is 1.62. The van der Waals surface area contributed by atoms with Crippen LogP contribution in [0.1, 0.15) is 5.56 Å². The molecule has 1 aromatic heterocycles. The Morgan fingerprint density at radius 1 is 1.29 bits per heavy atom. The lowest BCUT2D eigenvalue weighted by molar-refractivity contribution is 0.597. The van der Waals surface area contributed by atoms with Crippen LogP contribution >= 0.6 is 0 Å². The van der Waals surface area contributed by atoms with E-state index in [-0.39, 0.29) is 5.56 Å². The van der Waals surface area contributed by atoms with Gasteiger partial charge in [0.1, 0.15) is 0 Å². The van der Waals surface area contributed by atoms with Crippen LogP contribution in [-0.4, -0.2) is 16.3 Å². The molecule has 0 spiro atoms. The summed E-state index contributed by atoms with van der Waals surface area (Å²) in [5, 5.41) is 7.25. The molecule has 1 aromatic carbocycles. The Morgan fingerprint density at radius 3 is 2.94 bits per heavy atom. The minimum absolute atomic E-state index is 0.0708. The van der Waals surface area contributed by atoms with E-state index in [1.54, 1.807) is 12.3 Å². The lowest BCUT2D eigenvalue weighted by Crippen LogP contribution is -2.24. The van der Waals surface area contributed by atoms with E-state index in [9.17, 15) is 4.79 Å². The molecular formula is C13H15N3O. The molecule has 4 heteroatoms. The summed E-state index contributed by atoms with van der Waals surface area (Å²) < 4.78 is 1.45. The van der Waals surface area contributed by atoms with Crippen molar-refractivity contribution in [3.05, 3.63) is 58.5 Å². The Bertz CT molecular complexity index is 548. The van der Waals surface area contributed by atoms with E-state index in [4.69, 9.17) is 0 Å². The quantitative estimate of drug-likeness (QED) is 0.867. The molecule has 0 unspecified atom stereocenters. The third kappa shape index (κ3) is 3.17. The number of benzene rings is 1. The summed E-state index contributed by atoms with van der Waals surface area (Å²) in [4.78, 5) is 11.4. The van der Waals surface area contributed by atoms with E-state index in [2.05, 4.69) is 29.5 Å². The lowest BCUT2D eigenvalue weighted by Gasteiger charge is -2.07. The van der Waals surface area contributed by atoms with Crippen molar-refractivity contribution in [2.45, 2.75) is 13.5 Å². The van der Waals surface area contributed by atoms with Gasteiger partial charge in [-0.05, 0) is 30.7 Å². The zero-order chi connectivity index (χ0) is 12.1. The first kappa shape index (κ1) is 11.4. The van der Waals surface area contributed by atoms with Gasteiger partial charge in [0.15, 0.2) is 0 Å². The Morgan fingerprint density at radius 2 is 2.18 bits per heavy atom. The van der Waals surface area contributed by atoms with Gasteiger partial charge in [0.2, 0.25) is 0 Å². The summed E-state index contributed by atoms with van der Waals surface area (Å²) in [6, 6.07) is 11.3. The fourth-order valence-corrected chi connectivity index (χ4v) is 1.62. The third-order valence-electron chi connectivity index (χ3n) is 2.46. The van der Waals surface area contributed by atoms with Crippen molar-refractivity contribution < 1.29 is 0 Å². The smallest absolute Gasteiger partial charge is 0.266 e. The number of nitrogens with zero attached hydrogens (tertiary/aromatic N) is 2. The highest BCUT2D eigenvalue weighted by Crippen LogP contribution is 2.08. The van der Waals surface area contributed by atoms with E-state index >= 15 is 0 Å². The largest absolute Gasteiger partial charge is 0.383 e. The van der Waals surface area contributed by atoms with Crippen LogP contribution in [0.5, 0.6) is 0 Å². The number of hydrogen-bond acceptors (Lipinski definition) is 3. The van der Waals surface area contributed by atoms with Gasteiger partial charge in [-0.15, -0.1) is 0 Å². The van der Waals surface area contributed by atoms with E-state index in [1.165, 1.54) is 16.3 Å². The predicted molar refractivity (Wildman–Crippen MR) is 68.2 cm³/mol. The molecule has 17 heavy (non-hydrogen) atoms. The van der Waals surface area contributed by atoms with Crippen LogP contribution in [-0.2, 0) is 6.54 Å². The number of anilines is 1. The molecule has 0 amide bonds. The van der Waals surface area contributed by atoms with E-state index in [0.717, 1.165) is 5.69 Å². The van der Waals surface area contributed by atoms with Crippen molar-refractivity contribution in [2.75, 3.05) is 11.9 Å². The standard InChI is InChI=1S/C13H15N3O/c1-11-4-2-5-12(10-11)14-8-9-16-13(17)6-3-7-15-16/h2-7,10,14H,8-9H2,1H3. The van der Waals surface area contributed by atoms with Gasteiger partial charge in [-0.1, -0.05) is 12.1 Å². The van der Waals surface area contributed by atoms with Crippen LogP contribution in [0.15, 0.2) is 47.4 Å². The molecule has 0 aliphatic rings. The summed E-state index contributed by atoms with van der Waals surface area (Å²) >= 11 is 0. The summed E-state index contributed by atoms with van der Waals surface area (Å²) in [5.74, 6) is 0. The second-order valence-corrected chi connectivity index (χ2v) is 3.88. The molecule has 0 aliphatic heterocycles. The highest BCUT2D eigenvalue weighted by molar-refractivity contribution is 5.45. The van der Waals surface area contributed by atoms with Crippen molar-refractivity contribution in [3.63, 3.8) is 0 Å². The normalized spacial score (nSPS) is 10.2. The molecule has 4 nitrogen and oxygen atoms in total. The van der Waals surface area contributed by atoms with Gasteiger partial charge < -0.3 is 5.32 Å². The van der Waals surface area contributed by atoms with Gasteiger partial charge in [-0.3, -0.25) is 4.79 Å². The second kappa shape index (κ2) is 5.30. The molecule has 0 fully saturated rings. The first-order valence-electron chi connectivity index (χ1n) is 5.58. The van der Waals surface area contributed by atoms with Crippen LogP contribution in [0.2, 0.25) is 0 Å². The van der Waals surface area contributed by atoms with Gasteiger partial charge in [0, 0.05) is 24.5 Å². The van der Waals surface area contributed by atoms with Gasteiger partial charge >= 0.3 is 0 Å². The van der Waals surface area contributed by atoms with Gasteiger partial charge in [-0.25, -0.2) is 4.68 Å². The summed E-state index contributed by atoms with van der Waals surface area (Å²) in [7, 11) is 0. The zero-order valence-electron chi connectivity index (χ0n) is 9.76. The number of aryl methyl sites for hydroxylation is 1. The SMILES string of the molecule is Cc1cccc(NCCn2ncccc2=O)c1. The highest BCUT2D eigenvalue weighted by Gasteiger charge is 1.95. The third-order valence-corrected chi connectivity index (χ3v) is 2.46. The van der Waals surface area contributed by atoms with Crippen molar-refractivity contribution >= 4 is 5.69 Å². The van der Waals surface area contributed by atoms with Crippen LogP contribution in [0, 0.1) is 6.92 Å². The second-order valence-electron chi connectivity index (χ2n) is 3.88. The van der Waals surface area contributed by atoms with Gasteiger partial charge in [0.05, 0.1) is 6.54 Å². The lowest BCUT2D eigenvalue weighted by atomic mass is 10.2. The Labute approximate surface area is 99.9 Å². The van der Waals surface area contributed by atoms with Crippen molar-refractivity contribution in [2.24, 2.45) is 0 Å². The van der Waals surface area contributed by atoms with Gasteiger partial charge in [-0.2, -0.15) is 5.10 Å². The monoisotopic (exact) mass is 229 g/mol. The van der Waals surface area contributed by atoms with Crippen molar-refractivity contribution in [3.8, 4) is 0 Å². The molecule has 2 aromatic rings. The zero-order valence-corrected chi connectivity index (χ0v) is 9.76. The maximum absolute atomic E-state index is 11.4. The van der Waals surface area contributed by atoms with Crippen LogP contribution in [0.3, 0.4) is 0 Å². The average Bonchev–Trinajstić information content (AvgIpc) is 2.32. The maximum Gasteiger partial charge on any atom is 0.266 e. The van der Waals surface area contributed by atoms with Crippen LogP contribution < -0.4 is 10.9 Å². The first-order chi connectivity index (χ1) is 8.25. The topological polar surface area (TPSA) is 46.9 Å². The summed E-state index contributed by atoms with van der Waals surface area (Å²) in [6.45, 7) is 3.29. The first-order valence-corrected chi connectivity index (χ1v) is 5.58. The highest BCUT2D eigenvalue weighted by atomic mass is 16.1. The molecule has 0 radical (unpaired) electrons. The Balaban J connectivity index is 1.92. The Kier molecular flexibility index (Phi) is 3.55.